The van der Waals surface area contributed by atoms with E-state index in [4.69, 9.17) is 10.7 Å². The van der Waals surface area contributed by atoms with Crippen molar-refractivity contribution in [3.8, 4) is 0 Å². The zero-order valence-electron chi connectivity index (χ0n) is 9.08. The summed E-state index contributed by atoms with van der Waals surface area (Å²) in [6.45, 7) is 2.90. The molecule has 1 aromatic heterocycles. The Labute approximate surface area is 85.3 Å². The van der Waals surface area contributed by atoms with Gasteiger partial charge in [-0.05, 0) is 19.3 Å². The summed E-state index contributed by atoms with van der Waals surface area (Å²) >= 11 is 0. The first kappa shape index (κ1) is 9.71. The van der Waals surface area contributed by atoms with Gasteiger partial charge in [-0.3, -0.25) is 0 Å². The summed E-state index contributed by atoms with van der Waals surface area (Å²) < 4.78 is 2.26. The number of hydrogen-bond acceptors (Lipinski definition) is 2. The van der Waals surface area contributed by atoms with Crippen LogP contribution in [0.15, 0.2) is 0 Å². The van der Waals surface area contributed by atoms with E-state index in [-0.39, 0.29) is 0 Å². The maximum atomic E-state index is 5.77. The second-order valence-electron chi connectivity index (χ2n) is 4.10. The summed E-state index contributed by atoms with van der Waals surface area (Å²) in [5, 5.41) is 0. The largest absolute Gasteiger partial charge is 0.335 e. The number of hydrogen-bond donors (Lipinski definition) is 1. The SMILES string of the molecule is CCc1nc2c(n1C)CCCC2CN. The summed E-state index contributed by atoms with van der Waals surface area (Å²) in [7, 11) is 2.13. The molecule has 1 aromatic rings. The zero-order valence-corrected chi connectivity index (χ0v) is 9.08. The first-order chi connectivity index (χ1) is 6.77. The summed E-state index contributed by atoms with van der Waals surface area (Å²) in [6.07, 6.45) is 4.66. The standard InChI is InChI=1S/C11H19N3/c1-3-10-13-11-8(7-12)5-4-6-9(11)14(10)2/h8H,3-7,12H2,1-2H3. The van der Waals surface area contributed by atoms with E-state index >= 15 is 0 Å². The Morgan fingerprint density at radius 2 is 2.36 bits per heavy atom. The van der Waals surface area contributed by atoms with Gasteiger partial charge in [0.05, 0.1) is 5.69 Å². The molecule has 1 aliphatic carbocycles. The predicted octanol–water partition coefficient (Wildman–Crippen LogP) is 1.36. The van der Waals surface area contributed by atoms with Gasteiger partial charge in [0.15, 0.2) is 0 Å². The van der Waals surface area contributed by atoms with Crippen LogP contribution < -0.4 is 5.73 Å². The molecule has 0 aromatic carbocycles. The first-order valence-corrected chi connectivity index (χ1v) is 5.52. The van der Waals surface area contributed by atoms with Crippen molar-refractivity contribution in [2.45, 2.75) is 38.5 Å². The van der Waals surface area contributed by atoms with Crippen molar-refractivity contribution in [1.82, 2.24) is 9.55 Å². The predicted molar refractivity (Wildman–Crippen MR) is 57.3 cm³/mol. The quantitative estimate of drug-likeness (QED) is 0.770. The van der Waals surface area contributed by atoms with Gasteiger partial charge in [0, 0.05) is 31.6 Å². The minimum atomic E-state index is 0.505. The molecule has 0 saturated heterocycles. The summed E-state index contributed by atoms with van der Waals surface area (Å²) in [6, 6.07) is 0. The lowest BCUT2D eigenvalue weighted by atomic mass is 9.90. The fraction of sp³-hybridized carbons (Fsp3) is 0.727. The van der Waals surface area contributed by atoms with Crippen LogP contribution in [-0.2, 0) is 19.9 Å². The second-order valence-corrected chi connectivity index (χ2v) is 4.10. The number of rotatable bonds is 2. The molecular weight excluding hydrogens is 174 g/mol. The van der Waals surface area contributed by atoms with E-state index in [1.807, 2.05) is 0 Å². The van der Waals surface area contributed by atoms with Gasteiger partial charge >= 0.3 is 0 Å². The van der Waals surface area contributed by atoms with E-state index in [0.29, 0.717) is 5.92 Å². The highest BCUT2D eigenvalue weighted by molar-refractivity contribution is 5.24. The van der Waals surface area contributed by atoms with Crippen molar-refractivity contribution in [2.75, 3.05) is 6.54 Å². The van der Waals surface area contributed by atoms with Gasteiger partial charge in [-0.1, -0.05) is 6.92 Å². The van der Waals surface area contributed by atoms with Gasteiger partial charge in [-0.2, -0.15) is 0 Å². The van der Waals surface area contributed by atoms with Gasteiger partial charge in [-0.15, -0.1) is 0 Å². The Kier molecular flexibility index (Phi) is 2.59. The minimum Gasteiger partial charge on any atom is -0.335 e. The molecule has 3 nitrogen and oxygen atoms in total. The van der Waals surface area contributed by atoms with Crippen molar-refractivity contribution in [2.24, 2.45) is 12.8 Å². The number of aromatic nitrogens is 2. The summed E-state index contributed by atoms with van der Waals surface area (Å²) in [5.41, 5.74) is 8.47. The number of fused-ring (bicyclic) bond motifs is 1. The molecule has 0 spiro atoms. The Balaban J connectivity index is 2.43. The Bertz CT molecular complexity index is 328. The lowest BCUT2D eigenvalue weighted by Crippen LogP contribution is -2.19. The molecule has 0 amide bonds. The molecule has 3 heteroatoms. The molecule has 1 heterocycles. The average Bonchev–Trinajstić information content (AvgIpc) is 2.55. The van der Waals surface area contributed by atoms with E-state index < -0.39 is 0 Å². The highest BCUT2D eigenvalue weighted by Gasteiger charge is 2.24. The van der Waals surface area contributed by atoms with E-state index in [1.165, 1.54) is 36.5 Å². The van der Waals surface area contributed by atoms with Crippen LogP contribution in [0.25, 0.3) is 0 Å². The Morgan fingerprint density at radius 1 is 1.57 bits per heavy atom. The molecule has 1 unspecified atom stereocenters. The highest BCUT2D eigenvalue weighted by Crippen LogP contribution is 2.30. The number of nitrogens with zero attached hydrogens (tertiary/aromatic N) is 2. The van der Waals surface area contributed by atoms with Gasteiger partial charge < -0.3 is 10.3 Å². The molecule has 1 atom stereocenters. The third-order valence-electron chi connectivity index (χ3n) is 3.29. The third kappa shape index (κ3) is 1.36. The molecule has 0 aliphatic heterocycles. The van der Waals surface area contributed by atoms with Crippen LogP contribution >= 0.6 is 0 Å². The number of imidazole rings is 1. The van der Waals surface area contributed by atoms with Crippen LogP contribution in [0.1, 0.15) is 42.9 Å². The smallest absolute Gasteiger partial charge is 0.108 e. The summed E-state index contributed by atoms with van der Waals surface area (Å²) in [5.74, 6) is 1.71. The van der Waals surface area contributed by atoms with Crippen LogP contribution in [0.5, 0.6) is 0 Å². The van der Waals surface area contributed by atoms with Gasteiger partial charge in [0.1, 0.15) is 5.82 Å². The molecule has 78 valence electrons. The van der Waals surface area contributed by atoms with E-state index in [1.54, 1.807) is 0 Å². The average molecular weight is 193 g/mol. The molecular formula is C11H19N3. The van der Waals surface area contributed by atoms with E-state index in [9.17, 15) is 0 Å². The maximum absolute atomic E-state index is 5.77. The highest BCUT2D eigenvalue weighted by atomic mass is 15.1. The van der Waals surface area contributed by atoms with Crippen LogP contribution in [0.2, 0.25) is 0 Å². The zero-order chi connectivity index (χ0) is 10.1. The molecule has 0 radical (unpaired) electrons. The van der Waals surface area contributed by atoms with Crippen LogP contribution in [0.4, 0.5) is 0 Å². The molecule has 2 rings (SSSR count). The van der Waals surface area contributed by atoms with Crippen LogP contribution in [0, 0.1) is 0 Å². The van der Waals surface area contributed by atoms with Crippen LogP contribution in [-0.4, -0.2) is 16.1 Å². The lowest BCUT2D eigenvalue weighted by Gasteiger charge is -2.20. The summed E-state index contributed by atoms with van der Waals surface area (Å²) in [4.78, 5) is 4.70. The van der Waals surface area contributed by atoms with Gasteiger partial charge in [-0.25, -0.2) is 4.98 Å². The van der Waals surface area contributed by atoms with Gasteiger partial charge in [0.25, 0.3) is 0 Å². The number of nitrogens with two attached hydrogens (primary N) is 1. The van der Waals surface area contributed by atoms with Crippen molar-refractivity contribution >= 4 is 0 Å². The molecule has 1 aliphatic rings. The molecule has 0 bridgehead atoms. The van der Waals surface area contributed by atoms with Crippen molar-refractivity contribution in [1.29, 1.82) is 0 Å². The van der Waals surface area contributed by atoms with Gasteiger partial charge in [0.2, 0.25) is 0 Å². The lowest BCUT2D eigenvalue weighted by molar-refractivity contribution is 0.537. The first-order valence-electron chi connectivity index (χ1n) is 5.52. The van der Waals surface area contributed by atoms with E-state index in [0.717, 1.165) is 13.0 Å². The van der Waals surface area contributed by atoms with Crippen LogP contribution in [0.3, 0.4) is 0 Å². The molecule has 2 N–H and O–H groups in total. The van der Waals surface area contributed by atoms with E-state index in [2.05, 4.69) is 18.5 Å². The monoisotopic (exact) mass is 193 g/mol. The van der Waals surface area contributed by atoms with Crippen molar-refractivity contribution in [3.63, 3.8) is 0 Å². The van der Waals surface area contributed by atoms with Crippen molar-refractivity contribution in [3.05, 3.63) is 17.2 Å². The maximum Gasteiger partial charge on any atom is 0.108 e. The normalized spacial score (nSPS) is 20.9. The Hall–Kier alpha value is -0.830. The second kappa shape index (κ2) is 3.73. The van der Waals surface area contributed by atoms with Crippen molar-refractivity contribution < 1.29 is 0 Å². The Morgan fingerprint density at radius 3 is 3.00 bits per heavy atom. The molecule has 14 heavy (non-hydrogen) atoms. The fourth-order valence-corrected chi connectivity index (χ4v) is 2.43. The number of aryl methyl sites for hydroxylation is 1. The molecule has 0 fully saturated rings. The third-order valence-corrected chi connectivity index (χ3v) is 3.29. The minimum absolute atomic E-state index is 0.505. The fourth-order valence-electron chi connectivity index (χ4n) is 2.43. The molecule has 0 saturated carbocycles. The topological polar surface area (TPSA) is 43.8 Å².